The predicted molar refractivity (Wildman–Crippen MR) is 63.6 cm³/mol. The number of hydrogen-bond donors (Lipinski definition) is 0. The van der Waals surface area contributed by atoms with E-state index >= 15 is 0 Å². The van der Waals surface area contributed by atoms with E-state index in [4.69, 9.17) is 4.42 Å². The molecule has 0 aliphatic heterocycles. The van der Waals surface area contributed by atoms with Crippen LogP contribution < -0.4 is 4.94 Å². The highest BCUT2D eigenvalue weighted by atomic mass is 32.1. The van der Waals surface area contributed by atoms with Gasteiger partial charge >= 0.3 is 4.94 Å². The Morgan fingerprint density at radius 3 is 2.62 bits per heavy atom. The molecule has 0 aliphatic rings. The third-order valence-corrected chi connectivity index (χ3v) is 2.87. The zero-order chi connectivity index (χ0) is 11.0. The first-order valence-electron chi connectivity index (χ1n) is 4.79. The number of aromatic nitrogens is 1. The second kappa shape index (κ2) is 3.57. The second-order valence-electron chi connectivity index (χ2n) is 3.40. The smallest absolute Gasteiger partial charge is 0.394 e. The van der Waals surface area contributed by atoms with Gasteiger partial charge < -0.3 is 4.42 Å². The van der Waals surface area contributed by atoms with Gasteiger partial charge in [0.25, 0.3) is 0 Å². The van der Waals surface area contributed by atoms with Crippen molar-refractivity contribution in [2.24, 2.45) is 0 Å². The lowest BCUT2D eigenvalue weighted by atomic mass is 10.1. The van der Waals surface area contributed by atoms with E-state index in [1.54, 1.807) is 0 Å². The van der Waals surface area contributed by atoms with Crippen LogP contribution in [-0.2, 0) is 0 Å². The minimum atomic E-state index is -0.372. The first-order valence-corrected chi connectivity index (χ1v) is 5.56. The van der Waals surface area contributed by atoms with Gasteiger partial charge in [0.2, 0.25) is 5.89 Å². The van der Waals surface area contributed by atoms with Gasteiger partial charge in [0, 0.05) is 5.56 Å². The van der Waals surface area contributed by atoms with Crippen molar-refractivity contribution in [3.63, 3.8) is 0 Å². The summed E-state index contributed by atoms with van der Waals surface area (Å²) in [4.78, 5) is 10.5. The van der Waals surface area contributed by atoms with Crippen LogP contribution in [0.5, 0.6) is 0 Å². The van der Waals surface area contributed by atoms with Crippen molar-refractivity contribution in [1.29, 1.82) is 0 Å². The zero-order valence-electron chi connectivity index (χ0n) is 8.21. The van der Waals surface area contributed by atoms with Crippen molar-refractivity contribution in [3.05, 3.63) is 52.2 Å². The third-order valence-electron chi connectivity index (χ3n) is 2.38. The van der Waals surface area contributed by atoms with Crippen molar-refractivity contribution in [1.82, 2.24) is 4.37 Å². The van der Waals surface area contributed by atoms with Gasteiger partial charge in [-0.15, -0.1) is 4.37 Å². The molecule has 78 valence electrons. The molecule has 1 heterocycles. The molecule has 0 atom stereocenters. The number of rotatable bonds is 1. The molecule has 0 amide bonds. The topological polar surface area (TPSA) is 43.1 Å². The van der Waals surface area contributed by atoms with Gasteiger partial charge in [-0.1, -0.05) is 30.3 Å². The minimum Gasteiger partial charge on any atom is -0.394 e. The quantitative estimate of drug-likeness (QED) is 0.644. The summed E-state index contributed by atoms with van der Waals surface area (Å²) in [6.07, 6.45) is 0. The van der Waals surface area contributed by atoms with Gasteiger partial charge in [-0.05, 0) is 22.9 Å². The molecule has 0 fully saturated rings. The largest absolute Gasteiger partial charge is 0.414 e. The Morgan fingerprint density at radius 2 is 1.88 bits per heavy atom. The van der Waals surface area contributed by atoms with Crippen LogP contribution in [0.2, 0.25) is 0 Å². The average Bonchev–Trinajstić information content (AvgIpc) is 2.75. The lowest BCUT2D eigenvalue weighted by molar-refractivity contribution is 0.543. The summed E-state index contributed by atoms with van der Waals surface area (Å²) in [5, 5.41) is 2.26. The summed E-state index contributed by atoms with van der Waals surface area (Å²) in [5.41, 5.74) is 0.831. The van der Waals surface area contributed by atoms with E-state index in [1.165, 1.54) is 0 Å². The molecule has 0 unspecified atom stereocenters. The zero-order valence-corrected chi connectivity index (χ0v) is 9.03. The van der Waals surface area contributed by atoms with Gasteiger partial charge in [-0.3, -0.25) is 0 Å². The number of hydrogen-bond acceptors (Lipinski definition) is 4. The number of benzene rings is 2. The molecule has 3 rings (SSSR count). The second-order valence-corrected chi connectivity index (χ2v) is 4.10. The lowest BCUT2D eigenvalue weighted by Gasteiger charge is -1.98. The summed E-state index contributed by atoms with van der Waals surface area (Å²) in [7, 11) is 0. The highest BCUT2D eigenvalue weighted by Crippen LogP contribution is 2.22. The van der Waals surface area contributed by atoms with Crippen LogP contribution in [0.4, 0.5) is 0 Å². The monoisotopic (exact) mass is 229 g/mol. The molecule has 3 aromatic rings. The molecule has 0 radical (unpaired) electrons. The fraction of sp³-hybridized carbons (Fsp3) is 0. The Hall–Kier alpha value is -1.94. The first-order chi connectivity index (χ1) is 7.83. The average molecular weight is 229 g/mol. The molecule has 0 aliphatic carbocycles. The molecule has 0 saturated carbocycles. The van der Waals surface area contributed by atoms with E-state index in [2.05, 4.69) is 4.37 Å². The van der Waals surface area contributed by atoms with E-state index in [1.807, 2.05) is 42.5 Å². The molecular formula is C12H7NO2S. The molecule has 0 N–H and O–H groups in total. The van der Waals surface area contributed by atoms with Gasteiger partial charge in [-0.25, -0.2) is 4.79 Å². The summed E-state index contributed by atoms with van der Waals surface area (Å²) in [5.74, 6) is 0.390. The Bertz CT molecular complexity index is 699. The third kappa shape index (κ3) is 1.53. The number of fused-ring (bicyclic) bond motifs is 1. The van der Waals surface area contributed by atoms with Crippen LogP contribution in [0.1, 0.15) is 0 Å². The Balaban J connectivity index is 2.22. The highest BCUT2D eigenvalue weighted by molar-refractivity contribution is 7.02. The Kier molecular flexibility index (Phi) is 2.08. The van der Waals surface area contributed by atoms with Crippen molar-refractivity contribution in [2.75, 3.05) is 0 Å². The van der Waals surface area contributed by atoms with Gasteiger partial charge in [0.1, 0.15) is 0 Å². The van der Waals surface area contributed by atoms with Gasteiger partial charge in [-0.2, -0.15) is 0 Å². The van der Waals surface area contributed by atoms with Crippen LogP contribution in [-0.4, -0.2) is 4.37 Å². The van der Waals surface area contributed by atoms with Gasteiger partial charge in [0.15, 0.2) is 0 Å². The summed E-state index contributed by atoms with van der Waals surface area (Å²) >= 11 is 0.832. The first kappa shape index (κ1) is 9.30. The maximum atomic E-state index is 10.9. The molecule has 0 saturated heterocycles. The van der Waals surface area contributed by atoms with Crippen LogP contribution >= 0.6 is 11.5 Å². The number of nitrogens with zero attached hydrogens (tertiary/aromatic N) is 1. The Labute approximate surface area is 95.1 Å². The van der Waals surface area contributed by atoms with E-state index in [0.717, 1.165) is 27.9 Å². The fourth-order valence-corrected chi connectivity index (χ4v) is 2.05. The van der Waals surface area contributed by atoms with Crippen LogP contribution in [0.15, 0.2) is 51.7 Å². The van der Waals surface area contributed by atoms with E-state index < -0.39 is 0 Å². The van der Waals surface area contributed by atoms with Crippen molar-refractivity contribution in [2.45, 2.75) is 0 Å². The summed E-state index contributed by atoms with van der Waals surface area (Å²) in [6, 6.07) is 13.9. The van der Waals surface area contributed by atoms with E-state index in [0.29, 0.717) is 5.89 Å². The van der Waals surface area contributed by atoms with Crippen LogP contribution in [0, 0.1) is 0 Å². The maximum absolute atomic E-state index is 10.9. The summed E-state index contributed by atoms with van der Waals surface area (Å²) in [6.45, 7) is 0. The van der Waals surface area contributed by atoms with Crippen LogP contribution in [0.25, 0.3) is 22.2 Å². The van der Waals surface area contributed by atoms with Crippen molar-refractivity contribution < 1.29 is 4.42 Å². The van der Waals surface area contributed by atoms with E-state index in [9.17, 15) is 4.79 Å². The normalized spacial score (nSPS) is 10.8. The molecule has 0 bridgehead atoms. The molecule has 3 nitrogen and oxygen atoms in total. The summed E-state index contributed by atoms with van der Waals surface area (Å²) < 4.78 is 8.93. The Morgan fingerprint density at radius 1 is 1.06 bits per heavy atom. The van der Waals surface area contributed by atoms with Gasteiger partial charge in [0.05, 0.1) is 11.5 Å². The van der Waals surface area contributed by atoms with Crippen molar-refractivity contribution in [3.8, 4) is 11.5 Å². The molecule has 1 aromatic heterocycles. The molecule has 0 spiro atoms. The SMILES string of the molecule is O=c1oc(-c2ccc3ccccc3c2)ns1. The molecule has 2 aromatic carbocycles. The molecule has 16 heavy (non-hydrogen) atoms. The molecule has 4 heteroatoms. The maximum Gasteiger partial charge on any atom is 0.414 e. The van der Waals surface area contributed by atoms with E-state index in [-0.39, 0.29) is 4.94 Å². The van der Waals surface area contributed by atoms with Crippen LogP contribution in [0.3, 0.4) is 0 Å². The lowest BCUT2D eigenvalue weighted by Crippen LogP contribution is -1.82. The minimum absolute atomic E-state index is 0.372. The van der Waals surface area contributed by atoms with Crippen molar-refractivity contribution >= 4 is 22.3 Å². The predicted octanol–water partition coefficient (Wildman–Crippen LogP) is 2.92. The molecular weight excluding hydrogens is 222 g/mol. The fourth-order valence-electron chi connectivity index (χ4n) is 1.63. The standard InChI is InChI=1S/C12H7NO2S/c14-12-15-11(13-16-12)10-6-5-8-3-1-2-4-9(8)7-10/h1-7H. The highest BCUT2D eigenvalue weighted by Gasteiger charge is 2.05.